The first-order valence-corrected chi connectivity index (χ1v) is 10.0. The summed E-state index contributed by atoms with van der Waals surface area (Å²) < 4.78 is 27.3. The lowest BCUT2D eigenvalue weighted by atomic mass is 10.1. The van der Waals surface area contributed by atoms with Gasteiger partial charge in [-0.25, -0.2) is 8.78 Å². The van der Waals surface area contributed by atoms with E-state index in [2.05, 4.69) is 26.6 Å². The molecule has 1 unspecified atom stereocenters. The average molecular weight is 458 g/mol. The summed E-state index contributed by atoms with van der Waals surface area (Å²) in [4.78, 5) is 26.3. The third kappa shape index (κ3) is 5.26. The predicted octanol–water partition coefficient (Wildman–Crippen LogP) is 3.16. The number of halogens is 3. The number of rotatable bonds is 6. The largest absolute Gasteiger partial charge is 0.371 e. The van der Waals surface area contributed by atoms with Crippen LogP contribution in [0.25, 0.3) is 0 Å². The van der Waals surface area contributed by atoms with Gasteiger partial charge in [0.2, 0.25) is 5.91 Å². The van der Waals surface area contributed by atoms with E-state index in [4.69, 9.17) is 0 Å². The molecule has 0 bridgehead atoms. The Balaban J connectivity index is 1.40. The fourth-order valence-corrected chi connectivity index (χ4v) is 4.22. The maximum atomic E-state index is 13.4. The van der Waals surface area contributed by atoms with Crippen molar-refractivity contribution in [3.63, 3.8) is 0 Å². The molecule has 2 N–H and O–H groups in total. The summed E-state index contributed by atoms with van der Waals surface area (Å²) in [6.07, 6.45) is 0.842. The second-order valence-electron chi connectivity index (χ2n) is 6.29. The molecule has 0 aliphatic carbocycles. The van der Waals surface area contributed by atoms with Crippen molar-refractivity contribution in [2.45, 2.75) is 6.42 Å². The van der Waals surface area contributed by atoms with Crippen molar-refractivity contribution in [3.05, 3.63) is 50.6 Å². The maximum absolute atomic E-state index is 13.4. The number of benzene rings is 1. The van der Waals surface area contributed by atoms with Crippen LogP contribution in [0.5, 0.6) is 0 Å². The third-order valence-electron chi connectivity index (χ3n) is 4.35. The van der Waals surface area contributed by atoms with E-state index in [1.807, 2.05) is 4.90 Å². The molecule has 3 rings (SSSR count). The van der Waals surface area contributed by atoms with E-state index in [0.717, 1.165) is 22.8 Å². The van der Waals surface area contributed by atoms with Crippen LogP contribution in [0.1, 0.15) is 16.1 Å². The lowest BCUT2D eigenvalue weighted by molar-refractivity contribution is -0.120. The van der Waals surface area contributed by atoms with Gasteiger partial charge in [-0.3, -0.25) is 9.59 Å². The molecule has 1 saturated heterocycles. The van der Waals surface area contributed by atoms with E-state index in [9.17, 15) is 18.4 Å². The van der Waals surface area contributed by atoms with Crippen molar-refractivity contribution in [1.29, 1.82) is 0 Å². The third-order valence-corrected chi connectivity index (χ3v) is 5.97. The lowest BCUT2D eigenvalue weighted by Gasteiger charge is -2.19. The number of carbonyl (C=O) groups excluding carboxylic acids is 2. The van der Waals surface area contributed by atoms with Gasteiger partial charge < -0.3 is 15.5 Å². The second kappa shape index (κ2) is 8.79. The van der Waals surface area contributed by atoms with Gasteiger partial charge >= 0.3 is 0 Å². The number of hydrogen-bond acceptors (Lipinski definition) is 4. The molecule has 2 aromatic rings. The minimum absolute atomic E-state index is 0.0893. The summed E-state index contributed by atoms with van der Waals surface area (Å²) in [7, 11) is 0. The first-order chi connectivity index (χ1) is 12.9. The van der Waals surface area contributed by atoms with Gasteiger partial charge in [-0.1, -0.05) is 0 Å². The molecule has 144 valence electrons. The average Bonchev–Trinajstić information content (AvgIpc) is 3.29. The second-order valence-corrected chi connectivity index (χ2v) is 8.75. The Bertz CT molecular complexity index is 846. The quantitative estimate of drug-likeness (QED) is 0.700. The molecule has 27 heavy (non-hydrogen) atoms. The first kappa shape index (κ1) is 19.8. The highest BCUT2D eigenvalue weighted by Crippen LogP contribution is 2.25. The van der Waals surface area contributed by atoms with Gasteiger partial charge in [0, 0.05) is 31.4 Å². The van der Waals surface area contributed by atoms with Crippen LogP contribution in [-0.2, 0) is 4.79 Å². The molecule has 0 radical (unpaired) electrons. The molecule has 0 saturated carbocycles. The predicted molar refractivity (Wildman–Crippen MR) is 104 cm³/mol. The molecule has 2 amide bonds. The van der Waals surface area contributed by atoms with Crippen LogP contribution in [0, 0.1) is 17.6 Å². The van der Waals surface area contributed by atoms with E-state index in [1.54, 1.807) is 18.2 Å². The van der Waals surface area contributed by atoms with E-state index >= 15 is 0 Å². The molecule has 0 spiro atoms. The lowest BCUT2D eigenvalue weighted by Crippen LogP contribution is -2.39. The maximum Gasteiger partial charge on any atom is 0.261 e. The zero-order valence-corrected chi connectivity index (χ0v) is 16.7. The van der Waals surface area contributed by atoms with E-state index < -0.39 is 11.6 Å². The summed E-state index contributed by atoms with van der Waals surface area (Å²) in [5.41, 5.74) is 0.636. The number of thiophene rings is 1. The van der Waals surface area contributed by atoms with Gasteiger partial charge in [-0.05, 0) is 52.5 Å². The van der Waals surface area contributed by atoms with Crippen LogP contribution in [0.15, 0.2) is 34.1 Å². The molecule has 1 atom stereocenters. The van der Waals surface area contributed by atoms with Crippen LogP contribution in [-0.4, -0.2) is 38.0 Å². The summed E-state index contributed by atoms with van der Waals surface area (Å²) >= 11 is 4.59. The molecule has 1 aliphatic heterocycles. The summed E-state index contributed by atoms with van der Waals surface area (Å²) in [6, 6.07) is 7.33. The zero-order valence-electron chi connectivity index (χ0n) is 14.3. The summed E-state index contributed by atoms with van der Waals surface area (Å²) in [6.45, 7) is 1.75. The minimum atomic E-state index is -0.863. The highest BCUT2D eigenvalue weighted by molar-refractivity contribution is 9.11. The van der Waals surface area contributed by atoms with Crippen molar-refractivity contribution < 1.29 is 18.4 Å². The topological polar surface area (TPSA) is 61.4 Å². The summed E-state index contributed by atoms with van der Waals surface area (Å²) in [5, 5.41) is 5.39. The Labute approximate surface area is 167 Å². The van der Waals surface area contributed by atoms with Crippen molar-refractivity contribution in [2.24, 2.45) is 5.92 Å². The van der Waals surface area contributed by atoms with Crippen LogP contribution >= 0.6 is 27.3 Å². The Morgan fingerprint density at radius 2 is 2.00 bits per heavy atom. The smallest absolute Gasteiger partial charge is 0.261 e. The normalized spacial score (nSPS) is 16.4. The standard InChI is InChI=1S/C18H18BrF2N3O2S/c19-16-4-3-15(27-16)18(26)23-9-17(25)22-8-11-5-6-24(10-11)12-1-2-13(20)14(21)7-12/h1-4,7,11H,5-6,8-10H2,(H,22,25)(H,23,26). The van der Waals surface area contributed by atoms with E-state index in [0.29, 0.717) is 23.7 Å². The molecule has 1 aliphatic rings. The Morgan fingerprint density at radius 1 is 1.19 bits per heavy atom. The molecular weight excluding hydrogens is 440 g/mol. The van der Waals surface area contributed by atoms with Gasteiger partial charge in [0.1, 0.15) is 0 Å². The molecule has 9 heteroatoms. The van der Waals surface area contributed by atoms with Crippen molar-refractivity contribution in [3.8, 4) is 0 Å². The Morgan fingerprint density at radius 3 is 2.70 bits per heavy atom. The van der Waals surface area contributed by atoms with E-state index in [-0.39, 0.29) is 24.3 Å². The molecule has 1 aromatic heterocycles. The van der Waals surface area contributed by atoms with Crippen LogP contribution < -0.4 is 15.5 Å². The number of anilines is 1. The van der Waals surface area contributed by atoms with Gasteiger partial charge in [-0.2, -0.15) is 0 Å². The monoisotopic (exact) mass is 457 g/mol. The number of nitrogens with zero attached hydrogens (tertiary/aromatic N) is 1. The molecular formula is C18H18BrF2N3O2S. The molecule has 1 fully saturated rings. The fourth-order valence-electron chi connectivity index (χ4n) is 2.92. The number of nitrogens with one attached hydrogen (secondary N) is 2. The molecule has 5 nitrogen and oxygen atoms in total. The highest BCUT2D eigenvalue weighted by Gasteiger charge is 2.24. The number of hydrogen-bond donors (Lipinski definition) is 2. The highest BCUT2D eigenvalue weighted by atomic mass is 79.9. The van der Waals surface area contributed by atoms with Crippen molar-refractivity contribution in [1.82, 2.24) is 10.6 Å². The molecule has 1 aromatic carbocycles. The summed E-state index contributed by atoms with van der Waals surface area (Å²) in [5.74, 6) is -2.06. The van der Waals surface area contributed by atoms with Crippen molar-refractivity contribution in [2.75, 3.05) is 31.1 Å². The van der Waals surface area contributed by atoms with Gasteiger partial charge in [0.25, 0.3) is 5.91 Å². The van der Waals surface area contributed by atoms with E-state index in [1.165, 1.54) is 17.4 Å². The SMILES string of the molecule is O=C(CNC(=O)c1ccc(Br)s1)NCC1CCN(c2ccc(F)c(F)c2)C1. The van der Waals surface area contributed by atoms with Crippen LogP contribution in [0.2, 0.25) is 0 Å². The van der Waals surface area contributed by atoms with Gasteiger partial charge in [0.15, 0.2) is 11.6 Å². The number of amides is 2. The van der Waals surface area contributed by atoms with Crippen LogP contribution in [0.3, 0.4) is 0 Å². The fraction of sp³-hybridized carbons (Fsp3) is 0.333. The molecule has 2 heterocycles. The first-order valence-electron chi connectivity index (χ1n) is 8.42. The van der Waals surface area contributed by atoms with Gasteiger partial charge in [-0.15, -0.1) is 11.3 Å². The van der Waals surface area contributed by atoms with Crippen LogP contribution in [0.4, 0.5) is 14.5 Å². The Kier molecular flexibility index (Phi) is 6.43. The van der Waals surface area contributed by atoms with Gasteiger partial charge in [0.05, 0.1) is 15.2 Å². The van der Waals surface area contributed by atoms with Crippen molar-refractivity contribution >= 4 is 44.8 Å². The zero-order chi connectivity index (χ0) is 19.4. The number of carbonyl (C=O) groups is 2. The Hall–Kier alpha value is -2.00. The minimum Gasteiger partial charge on any atom is -0.371 e.